The van der Waals surface area contributed by atoms with Gasteiger partial charge in [-0.3, -0.25) is 9.59 Å². The van der Waals surface area contributed by atoms with Gasteiger partial charge in [0.05, 0.1) is 19.6 Å². The fourth-order valence-corrected chi connectivity index (χ4v) is 4.81. The van der Waals surface area contributed by atoms with Crippen LogP contribution in [-0.4, -0.2) is 39.9 Å². The Morgan fingerprint density at radius 2 is 1.56 bits per heavy atom. The summed E-state index contributed by atoms with van der Waals surface area (Å²) in [6, 6.07) is 19.8. The fourth-order valence-electron chi connectivity index (χ4n) is 4.81. The number of rotatable bonds is 15. The molecule has 0 aliphatic carbocycles. The lowest BCUT2D eigenvalue weighted by atomic mass is 10.0. The van der Waals surface area contributed by atoms with Gasteiger partial charge in [-0.15, -0.1) is 0 Å². The molecule has 7 heteroatoms. The first-order chi connectivity index (χ1) is 19.8. The van der Waals surface area contributed by atoms with E-state index in [9.17, 15) is 14.7 Å². The Labute approximate surface area is 240 Å². The molecule has 2 N–H and O–H groups in total. The number of hydrogen-bond acceptors (Lipinski definition) is 4. The van der Waals surface area contributed by atoms with Crippen LogP contribution >= 0.6 is 0 Å². The van der Waals surface area contributed by atoms with Crippen LogP contribution in [0.15, 0.2) is 66.9 Å². The van der Waals surface area contributed by atoms with Gasteiger partial charge in [-0.2, -0.15) is 0 Å². The maximum Gasteiger partial charge on any atom is 0.307 e. The van der Waals surface area contributed by atoms with Crippen LogP contribution < -0.4 is 9.47 Å². The van der Waals surface area contributed by atoms with Crippen molar-refractivity contribution in [3.8, 4) is 11.5 Å². The van der Waals surface area contributed by atoms with Crippen molar-refractivity contribution in [2.75, 3.05) is 13.2 Å². The predicted octanol–water partition coefficient (Wildman–Crippen LogP) is 7.16. The van der Waals surface area contributed by atoms with Crippen molar-refractivity contribution in [1.29, 1.82) is 0 Å². The molecule has 0 atom stereocenters. The highest BCUT2D eigenvalue weighted by molar-refractivity contribution is 5.96. The van der Waals surface area contributed by atoms with E-state index in [1.807, 2.05) is 77.5 Å². The van der Waals surface area contributed by atoms with Crippen LogP contribution in [0.25, 0.3) is 23.1 Å². The van der Waals surface area contributed by atoms with Gasteiger partial charge in [0.15, 0.2) is 0 Å². The summed E-state index contributed by atoms with van der Waals surface area (Å²) in [5.74, 6) is 0.00257. The summed E-state index contributed by atoms with van der Waals surface area (Å²) in [4.78, 5) is 22.5. The van der Waals surface area contributed by atoms with Gasteiger partial charge < -0.3 is 24.3 Å². The molecule has 0 aliphatic rings. The topological polar surface area (TPSA) is 98.0 Å². The molecular formula is C34H37NO6. The molecular weight excluding hydrogens is 518 g/mol. The minimum absolute atomic E-state index is 0.0649. The second kappa shape index (κ2) is 14.2. The lowest BCUT2D eigenvalue weighted by molar-refractivity contribution is -0.137. The first-order valence-electron chi connectivity index (χ1n) is 14.0. The smallest absolute Gasteiger partial charge is 0.307 e. The highest BCUT2D eigenvalue weighted by atomic mass is 16.5. The minimum atomic E-state index is -0.905. The van der Waals surface area contributed by atoms with Crippen molar-refractivity contribution < 1.29 is 29.3 Å². The zero-order chi connectivity index (χ0) is 29.2. The quantitative estimate of drug-likeness (QED) is 0.119. The molecule has 41 heavy (non-hydrogen) atoms. The van der Waals surface area contributed by atoms with Crippen LogP contribution in [0.2, 0.25) is 0 Å². The number of benzene rings is 3. The van der Waals surface area contributed by atoms with Crippen LogP contribution in [0, 0.1) is 13.8 Å². The molecule has 1 aromatic heterocycles. The Morgan fingerprint density at radius 1 is 0.829 bits per heavy atom. The van der Waals surface area contributed by atoms with Gasteiger partial charge in [-0.05, 0) is 85.2 Å². The number of aromatic nitrogens is 1. The summed E-state index contributed by atoms with van der Waals surface area (Å²) < 4.78 is 13.8. The summed E-state index contributed by atoms with van der Waals surface area (Å²) in [6.45, 7) is 5.94. The Hall–Kier alpha value is -4.52. The third-order valence-electron chi connectivity index (χ3n) is 7.10. The van der Waals surface area contributed by atoms with Crippen molar-refractivity contribution in [3.05, 3.63) is 94.7 Å². The zero-order valence-corrected chi connectivity index (χ0v) is 23.6. The van der Waals surface area contributed by atoms with Gasteiger partial charge in [0.1, 0.15) is 11.5 Å². The van der Waals surface area contributed by atoms with Gasteiger partial charge in [-0.25, -0.2) is 0 Å². The molecule has 0 unspecified atom stereocenters. The lowest BCUT2D eigenvalue weighted by Gasteiger charge is -2.11. The summed E-state index contributed by atoms with van der Waals surface area (Å²) in [6.07, 6.45) is 8.06. The number of carbonyl (C=O) groups is 2. The molecule has 4 rings (SSSR count). The van der Waals surface area contributed by atoms with Gasteiger partial charge in [0.2, 0.25) is 0 Å². The molecule has 0 saturated carbocycles. The summed E-state index contributed by atoms with van der Waals surface area (Å²) in [5, 5.41) is 19.3. The number of fused-ring (bicyclic) bond motifs is 1. The molecule has 0 radical (unpaired) electrons. The number of carboxylic acids is 2. The van der Waals surface area contributed by atoms with E-state index in [-0.39, 0.29) is 12.8 Å². The van der Waals surface area contributed by atoms with E-state index in [1.165, 1.54) is 11.1 Å². The van der Waals surface area contributed by atoms with E-state index in [4.69, 9.17) is 14.6 Å². The third-order valence-corrected chi connectivity index (χ3v) is 7.10. The summed E-state index contributed by atoms with van der Waals surface area (Å²) in [5.41, 5.74) is 5.94. The molecule has 4 aromatic rings. The van der Waals surface area contributed by atoms with E-state index < -0.39 is 11.9 Å². The van der Waals surface area contributed by atoms with Gasteiger partial charge in [0, 0.05) is 30.1 Å². The van der Waals surface area contributed by atoms with Crippen molar-refractivity contribution in [2.45, 2.75) is 52.5 Å². The van der Waals surface area contributed by atoms with Gasteiger partial charge in [-0.1, -0.05) is 48.6 Å². The van der Waals surface area contributed by atoms with Gasteiger partial charge in [0.25, 0.3) is 0 Å². The minimum Gasteiger partial charge on any atom is -0.494 e. The van der Waals surface area contributed by atoms with E-state index in [2.05, 4.69) is 19.9 Å². The molecule has 0 fully saturated rings. The number of hydrogen-bond donors (Lipinski definition) is 2. The van der Waals surface area contributed by atoms with Crippen LogP contribution in [0.3, 0.4) is 0 Å². The first kappa shape index (κ1) is 29.5. The van der Waals surface area contributed by atoms with E-state index >= 15 is 0 Å². The highest BCUT2D eigenvalue weighted by Gasteiger charge is 2.14. The molecule has 3 aromatic carbocycles. The van der Waals surface area contributed by atoms with Crippen molar-refractivity contribution in [3.63, 3.8) is 0 Å². The molecule has 7 nitrogen and oxygen atoms in total. The molecule has 0 spiro atoms. The molecule has 0 bridgehead atoms. The van der Waals surface area contributed by atoms with Crippen LogP contribution in [-0.2, 0) is 22.6 Å². The number of aryl methyl sites for hydroxylation is 2. The molecule has 1 heterocycles. The van der Waals surface area contributed by atoms with Crippen LogP contribution in [0.5, 0.6) is 11.5 Å². The highest BCUT2D eigenvalue weighted by Crippen LogP contribution is 2.28. The number of unbranched alkanes of at least 4 members (excludes halogenated alkanes) is 1. The molecule has 0 aliphatic heterocycles. The largest absolute Gasteiger partial charge is 0.494 e. The third kappa shape index (κ3) is 8.24. The number of aliphatic carboxylic acids is 2. The van der Waals surface area contributed by atoms with E-state index in [0.717, 1.165) is 46.4 Å². The fraction of sp³-hybridized carbons (Fsp3) is 0.294. The number of carboxylic acid groups (broad SMARTS) is 2. The Balaban J connectivity index is 1.34. The van der Waals surface area contributed by atoms with E-state index in [1.54, 1.807) is 0 Å². The van der Waals surface area contributed by atoms with Gasteiger partial charge >= 0.3 is 11.9 Å². The summed E-state index contributed by atoms with van der Waals surface area (Å²) >= 11 is 0. The van der Waals surface area contributed by atoms with E-state index in [0.29, 0.717) is 31.7 Å². The Kier molecular flexibility index (Phi) is 10.2. The second-order valence-electron chi connectivity index (χ2n) is 10.2. The normalized spacial score (nSPS) is 11.3. The SMILES string of the molecule is Cc1cccc(OCCCCOc2ccc(/C=C/c3cccc4c3c(CC(=O)O)cn4CCCC(=O)O)cc2)c1C. The second-order valence-corrected chi connectivity index (χ2v) is 10.2. The first-order valence-corrected chi connectivity index (χ1v) is 14.0. The number of nitrogens with zero attached hydrogens (tertiary/aromatic N) is 1. The van der Waals surface area contributed by atoms with Crippen LogP contribution in [0.1, 0.15) is 53.5 Å². The molecule has 0 amide bonds. The van der Waals surface area contributed by atoms with Crippen molar-refractivity contribution in [2.24, 2.45) is 0 Å². The number of ether oxygens (including phenoxy) is 2. The Morgan fingerprint density at radius 3 is 2.29 bits per heavy atom. The average molecular weight is 556 g/mol. The monoisotopic (exact) mass is 555 g/mol. The maximum atomic E-state index is 11.5. The van der Waals surface area contributed by atoms with Crippen molar-refractivity contribution >= 4 is 35.0 Å². The molecule has 214 valence electrons. The van der Waals surface area contributed by atoms with Crippen LogP contribution in [0.4, 0.5) is 0 Å². The zero-order valence-electron chi connectivity index (χ0n) is 23.6. The standard InChI is InChI=1S/C34H37NO6/c1-24-8-5-11-31(25(24)2)41-21-4-3-20-40-29-17-14-26(15-18-29)13-16-27-9-6-10-30-34(27)28(22-33(38)39)23-35(30)19-7-12-32(36)37/h5-6,8-11,13-18,23H,3-4,7,12,19-22H2,1-2H3,(H,36,37)(H,38,39)/b16-13+. The summed E-state index contributed by atoms with van der Waals surface area (Å²) in [7, 11) is 0. The average Bonchev–Trinajstić information content (AvgIpc) is 3.29. The maximum absolute atomic E-state index is 11.5. The van der Waals surface area contributed by atoms with Crippen molar-refractivity contribution in [1.82, 2.24) is 4.57 Å². The molecule has 0 saturated heterocycles. The lowest BCUT2D eigenvalue weighted by Crippen LogP contribution is -2.03. The predicted molar refractivity (Wildman–Crippen MR) is 162 cm³/mol. The Bertz CT molecular complexity index is 1520.